The minimum atomic E-state index is -2.80. The number of nitrogens with two attached hydrogens (primary N) is 1. The highest BCUT2D eigenvalue weighted by Gasteiger charge is 2.22. The summed E-state index contributed by atoms with van der Waals surface area (Å²) in [4.78, 5) is 13.1. The third kappa shape index (κ3) is 2.38. The summed E-state index contributed by atoms with van der Waals surface area (Å²) in [5, 5.41) is 10.6. The number of pyridine rings is 1. The van der Waals surface area contributed by atoms with E-state index in [0.29, 0.717) is 0 Å². The Morgan fingerprint density at radius 1 is 1.67 bits per heavy atom. The first-order chi connectivity index (χ1) is 6.97. The highest BCUT2D eigenvalue weighted by Crippen LogP contribution is 2.30. The lowest BCUT2D eigenvalue weighted by Crippen LogP contribution is -2.05. The molecule has 0 saturated heterocycles. The molecule has 0 saturated carbocycles. The molecule has 1 heterocycles. The van der Waals surface area contributed by atoms with Crippen molar-refractivity contribution in [3.05, 3.63) is 27.4 Å². The van der Waals surface area contributed by atoms with E-state index in [1.54, 1.807) is 0 Å². The van der Waals surface area contributed by atoms with Crippen LogP contribution >= 0.6 is 15.9 Å². The molecular formula is C7H6BrF2N3O2. The summed E-state index contributed by atoms with van der Waals surface area (Å²) in [6.45, 7) is 0. The summed E-state index contributed by atoms with van der Waals surface area (Å²) in [7, 11) is 0. The smallest absolute Gasteiger partial charge is 0.315 e. The van der Waals surface area contributed by atoms with Gasteiger partial charge in [0.1, 0.15) is 5.69 Å². The van der Waals surface area contributed by atoms with Crippen LogP contribution in [0.1, 0.15) is 17.7 Å². The minimum Gasteiger partial charge on any atom is -0.378 e. The van der Waals surface area contributed by atoms with Gasteiger partial charge < -0.3 is 5.73 Å². The van der Waals surface area contributed by atoms with Crippen LogP contribution in [0.2, 0.25) is 0 Å². The Hall–Kier alpha value is -1.31. The monoisotopic (exact) mass is 281 g/mol. The van der Waals surface area contributed by atoms with Crippen LogP contribution in [0, 0.1) is 10.1 Å². The second-order valence-corrected chi connectivity index (χ2v) is 3.19. The lowest BCUT2D eigenvalue weighted by molar-refractivity contribution is -0.384. The SMILES string of the molecule is Nc1nc(C(F)F)cc(CBr)c1[N+](=O)[O-]. The summed E-state index contributed by atoms with van der Waals surface area (Å²) in [5.74, 6) is -0.493. The van der Waals surface area contributed by atoms with Gasteiger partial charge in [-0.3, -0.25) is 10.1 Å². The number of aromatic nitrogens is 1. The van der Waals surface area contributed by atoms with E-state index in [1.165, 1.54) is 0 Å². The predicted octanol–water partition coefficient (Wildman–Crippen LogP) is 2.40. The van der Waals surface area contributed by atoms with Crippen LogP contribution in [0.15, 0.2) is 6.07 Å². The Balaban J connectivity index is 3.37. The quantitative estimate of drug-likeness (QED) is 0.524. The molecule has 0 aliphatic heterocycles. The predicted molar refractivity (Wildman–Crippen MR) is 52.9 cm³/mol. The van der Waals surface area contributed by atoms with Gasteiger partial charge in [0.05, 0.1) is 4.92 Å². The fourth-order valence-electron chi connectivity index (χ4n) is 1.06. The van der Waals surface area contributed by atoms with Crippen molar-refractivity contribution >= 4 is 27.4 Å². The van der Waals surface area contributed by atoms with Crippen molar-refractivity contribution in [3.63, 3.8) is 0 Å². The van der Waals surface area contributed by atoms with Gasteiger partial charge in [-0.25, -0.2) is 13.8 Å². The first kappa shape index (κ1) is 11.8. The van der Waals surface area contributed by atoms with Gasteiger partial charge in [0, 0.05) is 10.9 Å². The molecule has 82 valence electrons. The van der Waals surface area contributed by atoms with Crippen molar-refractivity contribution in [1.82, 2.24) is 4.98 Å². The van der Waals surface area contributed by atoms with Crippen LogP contribution in [0.4, 0.5) is 20.3 Å². The molecule has 0 fully saturated rings. The molecule has 0 spiro atoms. The molecule has 8 heteroatoms. The third-order valence-electron chi connectivity index (χ3n) is 1.67. The van der Waals surface area contributed by atoms with E-state index in [0.717, 1.165) is 6.07 Å². The fourth-order valence-corrected chi connectivity index (χ4v) is 1.49. The third-order valence-corrected chi connectivity index (χ3v) is 2.27. The van der Waals surface area contributed by atoms with E-state index in [9.17, 15) is 18.9 Å². The van der Waals surface area contributed by atoms with Gasteiger partial charge >= 0.3 is 5.69 Å². The average Bonchev–Trinajstić information content (AvgIpc) is 2.15. The van der Waals surface area contributed by atoms with Gasteiger partial charge in [0.25, 0.3) is 6.43 Å². The molecule has 0 atom stereocenters. The summed E-state index contributed by atoms with van der Waals surface area (Å²) < 4.78 is 24.6. The van der Waals surface area contributed by atoms with Crippen LogP contribution in [0.5, 0.6) is 0 Å². The van der Waals surface area contributed by atoms with E-state index >= 15 is 0 Å². The zero-order valence-electron chi connectivity index (χ0n) is 7.28. The van der Waals surface area contributed by atoms with Crippen LogP contribution in [-0.2, 0) is 5.33 Å². The number of nitrogen functional groups attached to an aromatic ring is 1. The molecule has 5 nitrogen and oxygen atoms in total. The minimum absolute atomic E-state index is 0.0652. The maximum Gasteiger partial charge on any atom is 0.315 e. The van der Waals surface area contributed by atoms with Crippen LogP contribution in [0.3, 0.4) is 0 Å². The Kier molecular flexibility index (Phi) is 3.51. The number of nitro groups is 1. The number of anilines is 1. The zero-order valence-corrected chi connectivity index (χ0v) is 8.87. The second kappa shape index (κ2) is 4.47. The van der Waals surface area contributed by atoms with E-state index < -0.39 is 28.5 Å². The highest BCUT2D eigenvalue weighted by molar-refractivity contribution is 9.08. The van der Waals surface area contributed by atoms with Crippen molar-refractivity contribution in [2.75, 3.05) is 5.73 Å². The first-order valence-electron chi connectivity index (χ1n) is 3.75. The largest absolute Gasteiger partial charge is 0.378 e. The van der Waals surface area contributed by atoms with Crippen molar-refractivity contribution < 1.29 is 13.7 Å². The number of alkyl halides is 3. The van der Waals surface area contributed by atoms with E-state index in [-0.39, 0.29) is 10.9 Å². The number of rotatable bonds is 3. The maximum atomic E-state index is 12.3. The standard InChI is InChI=1S/C7H6BrF2N3O2/c8-2-3-1-4(6(9)10)12-7(11)5(3)13(14)15/h1,6H,2H2,(H2,11,12). The van der Waals surface area contributed by atoms with Crippen molar-refractivity contribution in [3.8, 4) is 0 Å². The van der Waals surface area contributed by atoms with E-state index in [2.05, 4.69) is 20.9 Å². The molecule has 1 aromatic rings. The van der Waals surface area contributed by atoms with Gasteiger partial charge in [-0.1, -0.05) is 15.9 Å². The molecule has 2 N–H and O–H groups in total. The van der Waals surface area contributed by atoms with Crippen LogP contribution in [0.25, 0.3) is 0 Å². The molecule has 0 unspecified atom stereocenters. The first-order valence-corrected chi connectivity index (χ1v) is 4.87. The second-order valence-electron chi connectivity index (χ2n) is 2.63. The normalized spacial score (nSPS) is 10.7. The van der Waals surface area contributed by atoms with Gasteiger partial charge in [0.2, 0.25) is 5.82 Å². The summed E-state index contributed by atoms with van der Waals surface area (Å²) >= 11 is 2.96. The molecule has 15 heavy (non-hydrogen) atoms. The molecule has 0 aliphatic rings. The van der Waals surface area contributed by atoms with Gasteiger partial charge in [-0.15, -0.1) is 0 Å². The fraction of sp³-hybridized carbons (Fsp3) is 0.286. The number of hydrogen-bond acceptors (Lipinski definition) is 4. The Morgan fingerprint density at radius 3 is 2.67 bits per heavy atom. The average molecular weight is 282 g/mol. The molecule has 0 aromatic carbocycles. The molecule has 1 aromatic heterocycles. The Labute approximate surface area is 91.6 Å². The Bertz CT molecular complexity index is 400. The molecule has 0 radical (unpaired) electrons. The molecule has 0 bridgehead atoms. The van der Waals surface area contributed by atoms with Crippen LogP contribution in [-0.4, -0.2) is 9.91 Å². The molecular weight excluding hydrogens is 276 g/mol. The number of halogens is 3. The lowest BCUT2D eigenvalue weighted by Gasteiger charge is -2.05. The van der Waals surface area contributed by atoms with Crippen molar-refractivity contribution in [1.29, 1.82) is 0 Å². The molecule has 0 amide bonds. The number of nitrogens with zero attached hydrogens (tertiary/aromatic N) is 2. The molecule has 0 aliphatic carbocycles. The topological polar surface area (TPSA) is 82.0 Å². The molecule has 1 rings (SSSR count). The van der Waals surface area contributed by atoms with E-state index in [4.69, 9.17) is 5.73 Å². The summed E-state index contributed by atoms with van der Waals surface area (Å²) in [6, 6.07) is 0.966. The van der Waals surface area contributed by atoms with E-state index in [1.807, 2.05) is 0 Å². The van der Waals surface area contributed by atoms with Gasteiger partial charge in [0.15, 0.2) is 0 Å². The zero-order chi connectivity index (χ0) is 11.6. The van der Waals surface area contributed by atoms with Crippen molar-refractivity contribution in [2.24, 2.45) is 0 Å². The Morgan fingerprint density at radius 2 is 2.27 bits per heavy atom. The van der Waals surface area contributed by atoms with Gasteiger partial charge in [-0.05, 0) is 6.07 Å². The number of hydrogen-bond donors (Lipinski definition) is 1. The van der Waals surface area contributed by atoms with Crippen LogP contribution < -0.4 is 5.73 Å². The summed E-state index contributed by atoms with van der Waals surface area (Å²) in [5.41, 5.74) is 4.32. The lowest BCUT2D eigenvalue weighted by atomic mass is 10.2. The highest BCUT2D eigenvalue weighted by atomic mass is 79.9. The summed E-state index contributed by atoms with van der Waals surface area (Å²) in [6.07, 6.45) is -2.80. The maximum absolute atomic E-state index is 12.3. The van der Waals surface area contributed by atoms with Crippen molar-refractivity contribution in [2.45, 2.75) is 11.8 Å². The van der Waals surface area contributed by atoms with Gasteiger partial charge in [-0.2, -0.15) is 0 Å².